The van der Waals surface area contributed by atoms with Crippen molar-refractivity contribution in [3.63, 3.8) is 0 Å². The van der Waals surface area contributed by atoms with E-state index in [1.165, 1.54) is 0 Å². The maximum atomic E-state index is 12.3. The van der Waals surface area contributed by atoms with E-state index in [0.29, 0.717) is 18.5 Å². The molecule has 1 aromatic heterocycles. The number of pyridine rings is 1. The number of hydrogen-bond acceptors (Lipinski definition) is 3. The Morgan fingerprint density at radius 2 is 2.17 bits per heavy atom. The van der Waals surface area contributed by atoms with Crippen LogP contribution in [-0.4, -0.2) is 34.9 Å². The Labute approximate surface area is 113 Å². The molecular formula is C13H18ClN3O. The second-order valence-electron chi connectivity index (χ2n) is 4.87. The highest BCUT2D eigenvalue weighted by Crippen LogP contribution is 2.29. The van der Waals surface area contributed by atoms with E-state index in [9.17, 15) is 4.79 Å². The molecule has 1 saturated heterocycles. The van der Waals surface area contributed by atoms with Crippen LogP contribution in [0.4, 0.5) is 0 Å². The van der Waals surface area contributed by atoms with E-state index < -0.39 is 0 Å². The summed E-state index contributed by atoms with van der Waals surface area (Å²) in [5, 5.41) is 3.16. The van der Waals surface area contributed by atoms with Crippen molar-refractivity contribution in [2.45, 2.75) is 25.4 Å². The lowest BCUT2D eigenvalue weighted by molar-refractivity contribution is -0.138. The molecule has 0 unspecified atom stereocenters. The van der Waals surface area contributed by atoms with Crippen LogP contribution in [0.5, 0.6) is 0 Å². The molecule has 2 aliphatic rings. The number of halogens is 1. The van der Waals surface area contributed by atoms with Gasteiger partial charge in [-0.15, -0.1) is 12.4 Å². The SMILES string of the molecule is Cl.O=C(C1CNC1)N(Cc1ccccn1)C1CC1. The molecule has 0 radical (unpaired) electrons. The lowest BCUT2D eigenvalue weighted by Crippen LogP contribution is -2.52. The number of nitrogens with zero attached hydrogens (tertiary/aromatic N) is 2. The average Bonchev–Trinajstić information content (AvgIpc) is 3.08. The molecular weight excluding hydrogens is 250 g/mol. The van der Waals surface area contributed by atoms with Gasteiger partial charge in [0.15, 0.2) is 0 Å². The number of rotatable bonds is 4. The van der Waals surface area contributed by atoms with Crippen molar-refractivity contribution in [3.05, 3.63) is 30.1 Å². The molecule has 1 N–H and O–H groups in total. The first kappa shape index (κ1) is 13.3. The summed E-state index contributed by atoms with van der Waals surface area (Å²) in [6.45, 7) is 2.34. The van der Waals surface area contributed by atoms with Crippen molar-refractivity contribution in [1.82, 2.24) is 15.2 Å². The molecule has 1 saturated carbocycles. The normalized spacial score (nSPS) is 18.7. The Morgan fingerprint density at radius 3 is 2.67 bits per heavy atom. The summed E-state index contributed by atoms with van der Waals surface area (Å²) in [6, 6.07) is 6.33. The molecule has 18 heavy (non-hydrogen) atoms. The molecule has 0 aromatic carbocycles. The molecule has 98 valence electrons. The van der Waals surface area contributed by atoms with Gasteiger partial charge in [-0.2, -0.15) is 0 Å². The quantitative estimate of drug-likeness (QED) is 0.892. The number of nitrogens with one attached hydrogen (secondary N) is 1. The number of carbonyl (C=O) groups excluding carboxylic acids is 1. The lowest BCUT2D eigenvalue weighted by atomic mass is 10.0. The van der Waals surface area contributed by atoms with Crippen LogP contribution in [0, 0.1) is 5.92 Å². The zero-order valence-electron chi connectivity index (χ0n) is 10.2. The third kappa shape index (κ3) is 2.82. The standard InChI is InChI=1S/C13H17N3O.ClH/c17-13(10-7-14-8-10)16(12-4-5-12)9-11-3-1-2-6-15-11;/h1-3,6,10,12,14H,4-5,7-9H2;1H. The van der Waals surface area contributed by atoms with Gasteiger partial charge >= 0.3 is 0 Å². The number of amides is 1. The van der Waals surface area contributed by atoms with E-state index in [2.05, 4.69) is 10.3 Å². The highest BCUT2D eigenvalue weighted by molar-refractivity contribution is 5.85. The molecule has 1 aliphatic carbocycles. The first-order valence-electron chi connectivity index (χ1n) is 6.25. The van der Waals surface area contributed by atoms with Gasteiger partial charge in [0.2, 0.25) is 5.91 Å². The molecule has 4 nitrogen and oxygen atoms in total. The molecule has 0 spiro atoms. The van der Waals surface area contributed by atoms with Crippen LogP contribution in [0.25, 0.3) is 0 Å². The second kappa shape index (κ2) is 5.67. The fourth-order valence-electron chi connectivity index (χ4n) is 2.14. The maximum absolute atomic E-state index is 12.3. The third-order valence-corrected chi connectivity index (χ3v) is 3.46. The first-order chi connectivity index (χ1) is 8.34. The van der Waals surface area contributed by atoms with Gasteiger partial charge in [-0.1, -0.05) is 6.07 Å². The van der Waals surface area contributed by atoms with Crippen LogP contribution >= 0.6 is 12.4 Å². The third-order valence-electron chi connectivity index (χ3n) is 3.46. The van der Waals surface area contributed by atoms with E-state index >= 15 is 0 Å². The predicted molar refractivity (Wildman–Crippen MR) is 71.4 cm³/mol. The van der Waals surface area contributed by atoms with Crippen molar-refractivity contribution >= 4 is 18.3 Å². The van der Waals surface area contributed by atoms with E-state index in [1.54, 1.807) is 6.20 Å². The van der Waals surface area contributed by atoms with Crippen LogP contribution in [0.2, 0.25) is 0 Å². The summed E-state index contributed by atoms with van der Waals surface area (Å²) in [7, 11) is 0. The minimum atomic E-state index is 0. The van der Waals surface area contributed by atoms with Gasteiger partial charge in [-0.3, -0.25) is 9.78 Å². The molecule has 0 bridgehead atoms. The molecule has 2 fully saturated rings. The molecule has 3 rings (SSSR count). The van der Waals surface area contributed by atoms with Crippen LogP contribution in [-0.2, 0) is 11.3 Å². The Bertz CT molecular complexity index is 404. The predicted octanol–water partition coefficient (Wildman–Crippen LogP) is 1.21. The summed E-state index contributed by atoms with van der Waals surface area (Å²) < 4.78 is 0. The van der Waals surface area contributed by atoms with Gasteiger partial charge in [-0.25, -0.2) is 0 Å². The minimum Gasteiger partial charge on any atom is -0.333 e. The van der Waals surface area contributed by atoms with E-state index in [4.69, 9.17) is 0 Å². The highest BCUT2D eigenvalue weighted by Gasteiger charge is 2.37. The van der Waals surface area contributed by atoms with Crippen LogP contribution in [0.1, 0.15) is 18.5 Å². The van der Waals surface area contributed by atoms with Crippen molar-refractivity contribution in [2.24, 2.45) is 5.92 Å². The Kier molecular flexibility index (Phi) is 4.19. The minimum absolute atomic E-state index is 0. The van der Waals surface area contributed by atoms with Crippen molar-refractivity contribution < 1.29 is 4.79 Å². The molecule has 5 heteroatoms. The summed E-state index contributed by atoms with van der Waals surface area (Å²) in [4.78, 5) is 18.6. The van der Waals surface area contributed by atoms with Crippen molar-refractivity contribution in [2.75, 3.05) is 13.1 Å². The zero-order chi connectivity index (χ0) is 11.7. The second-order valence-corrected chi connectivity index (χ2v) is 4.87. The maximum Gasteiger partial charge on any atom is 0.228 e. The fraction of sp³-hybridized carbons (Fsp3) is 0.538. The van der Waals surface area contributed by atoms with Crippen molar-refractivity contribution in [3.8, 4) is 0 Å². The van der Waals surface area contributed by atoms with Gasteiger partial charge in [0.1, 0.15) is 0 Å². The fourth-order valence-corrected chi connectivity index (χ4v) is 2.14. The summed E-state index contributed by atoms with van der Waals surface area (Å²) in [5.74, 6) is 0.496. The number of carbonyl (C=O) groups is 1. The Balaban J connectivity index is 0.00000120. The number of aromatic nitrogens is 1. The topological polar surface area (TPSA) is 45.2 Å². The van der Waals surface area contributed by atoms with Crippen LogP contribution in [0.3, 0.4) is 0 Å². The highest BCUT2D eigenvalue weighted by atomic mass is 35.5. The molecule has 1 aromatic rings. The smallest absolute Gasteiger partial charge is 0.228 e. The van der Waals surface area contributed by atoms with Crippen molar-refractivity contribution in [1.29, 1.82) is 0 Å². The van der Waals surface area contributed by atoms with E-state index in [-0.39, 0.29) is 18.3 Å². The van der Waals surface area contributed by atoms with Gasteiger partial charge in [0.25, 0.3) is 0 Å². The lowest BCUT2D eigenvalue weighted by Gasteiger charge is -2.32. The molecule has 1 aliphatic heterocycles. The average molecular weight is 268 g/mol. The van der Waals surface area contributed by atoms with Gasteiger partial charge in [-0.05, 0) is 25.0 Å². The summed E-state index contributed by atoms with van der Waals surface area (Å²) in [6.07, 6.45) is 4.09. The van der Waals surface area contributed by atoms with Gasteiger partial charge < -0.3 is 10.2 Å². The van der Waals surface area contributed by atoms with Crippen LogP contribution in [0.15, 0.2) is 24.4 Å². The first-order valence-corrected chi connectivity index (χ1v) is 6.25. The van der Waals surface area contributed by atoms with E-state index in [1.807, 2.05) is 23.1 Å². The molecule has 2 heterocycles. The van der Waals surface area contributed by atoms with Gasteiger partial charge in [0.05, 0.1) is 18.2 Å². The van der Waals surface area contributed by atoms with Gasteiger partial charge in [0, 0.05) is 25.3 Å². The van der Waals surface area contributed by atoms with Crippen LogP contribution < -0.4 is 5.32 Å². The number of hydrogen-bond donors (Lipinski definition) is 1. The molecule has 0 atom stereocenters. The Morgan fingerprint density at radius 1 is 1.39 bits per heavy atom. The summed E-state index contributed by atoms with van der Waals surface area (Å²) in [5.41, 5.74) is 0.986. The summed E-state index contributed by atoms with van der Waals surface area (Å²) >= 11 is 0. The zero-order valence-corrected chi connectivity index (χ0v) is 11.0. The van der Waals surface area contributed by atoms with E-state index in [0.717, 1.165) is 31.6 Å². The monoisotopic (exact) mass is 267 g/mol. The largest absolute Gasteiger partial charge is 0.333 e. The molecule has 1 amide bonds. The Hall–Kier alpha value is -1.13.